The van der Waals surface area contributed by atoms with Gasteiger partial charge in [-0.2, -0.15) is 0 Å². The van der Waals surface area contributed by atoms with Crippen molar-refractivity contribution in [3.63, 3.8) is 0 Å². The average Bonchev–Trinajstić information content (AvgIpc) is 3.08. The van der Waals surface area contributed by atoms with Crippen molar-refractivity contribution >= 4 is 34.2 Å². The standard InChI is InChI=1S/C14H19BrN2O.ClH/c1-10(17-13(18)14(16)8-9-14)2-3-11-4-6-12(15)7-5-11;/h4-7,10H,2-3,8-9,16H2,1H3,(H,17,18);1H. The van der Waals surface area contributed by atoms with E-state index >= 15 is 0 Å². The molecule has 5 heteroatoms. The SMILES string of the molecule is CC(CCc1ccc(Br)cc1)NC(=O)C1(N)CC1.Cl. The fourth-order valence-corrected chi connectivity index (χ4v) is 2.10. The van der Waals surface area contributed by atoms with E-state index in [2.05, 4.69) is 33.4 Å². The molecule has 3 N–H and O–H groups in total. The fraction of sp³-hybridized carbons (Fsp3) is 0.500. The van der Waals surface area contributed by atoms with Gasteiger partial charge in [-0.1, -0.05) is 28.1 Å². The van der Waals surface area contributed by atoms with Gasteiger partial charge in [0, 0.05) is 10.5 Å². The van der Waals surface area contributed by atoms with Crippen molar-refractivity contribution in [3.8, 4) is 0 Å². The second kappa shape index (κ2) is 6.73. The van der Waals surface area contributed by atoms with Gasteiger partial charge in [0.15, 0.2) is 0 Å². The number of hydrogen-bond donors (Lipinski definition) is 2. The predicted molar refractivity (Wildman–Crippen MR) is 83.5 cm³/mol. The molecule has 1 aromatic carbocycles. The summed E-state index contributed by atoms with van der Waals surface area (Å²) in [5.74, 6) is 0.00538. The van der Waals surface area contributed by atoms with Gasteiger partial charge in [0.05, 0.1) is 5.54 Å². The Kier molecular flexibility index (Phi) is 5.83. The zero-order valence-corrected chi connectivity index (χ0v) is 13.4. The molecule has 1 aliphatic carbocycles. The number of nitrogens with one attached hydrogen (secondary N) is 1. The van der Waals surface area contributed by atoms with Crippen molar-refractivity contribution in [1.29, 1.82) is 0 Å². The van der Waals surface area contributed by atoms with Crippen LogP contribution >= 0.6 is 28.3 Å². The van der Waals surface area contributed by atoms with Crippen LogP contribution in [0.25, 0.3) is 0 Å². The zero-order valence-electron chi connectivity index (χ0n) is 11.0. The minimum atomic E-state index is -0.564. The first kappa shape index (κ1) is 16.5. The van der Waals surface area contributed by atoms with Crippen LogP contribution in [-0.4, -0.2) is 17.5 Å². The maximum absolute atomic E-state index is 11.8. The largest absolute Gasteiger partial charge is 0.352 e. The number of rotatable bonds is 5. The third-order valence-electron chi connectivity index (χ3n) is 3.40. The molecule has 0 aliphatic heterocycles. The molecular weight excluding hydrogens is 328 g/mol. The Bertz CT molecular complexity index is 432. The second-order valence-corrected chi connectivity index (χ2v) is 6.11. The monoisotopic (exact) mass is 346 g/mol. The minimum Gasteiger partial charge on any atom is -0.352 e. The first-order valence-electron chi connectivity index (χ1n) is 6.34. The molecule has 1 aromatic rings. The quantitative estimate of drug-likeness (QED) is 0.860. The Hall–Kier alpha value is -0.580. The van der Waals surface area contributed by atoms with Crippen molar-refractivity contribution < 1.29 is 4.79 Å². The van der Waals surface area contributed by atoms with Crippen molar-refractivity contribution in [1.82, 2.24) is 5.32 Å². The van der Waals surface area contributed by atoms with Crippen molar-refractivity contribution in [2.75, 3.05) is 0 Å². The summed E-state index contributed by atoms with van der Waals surface area (Å²) in [6.07, 6.45) is 3.53. The van der Waals surface area contributed by atoms with E-state index in [1.807, 2.05) is 19.1 Å². The average molecular weight is 348 g/mol. The molecule has 3 nitrogen and oxygen atoms in total. The maximum Gasteiger partial charge on any atom is 0.240 e. The molecule has 1 fully saturated rings. The van der Waals surface area contributed by atoms with Crippen molar-refractivity contribution in [2.24, 2.45) is 5.73 Å². The first-order chi connectivity index (χ1) is 8.49. The van der Waals surface area contributed by atoms with Gasteiger partial charge in [-0.05, 0) is 50.3 Å². The molecule has 19 heavy (non-hydrogen) atoms. The molecule has 0 heterocycles. The molecule has 106 valence electrons. The number of benzene rings is 1. The summed E-state index contributed by atoms with van der Waals surface area (Å²) in [5, 5.41) is 2.99. The van der Waals surface area contributed by atoms with Gasteiger partial charge in [0.25, 0.3) is 0 Å². The van der Waals surface area contributed by atoms with Crippen LogP contribution in [0.4, 0.5) is 0 Å². The molecule has 0 radical (unpaired) electrons. The van der Waals surface area contributed by atoms with E-state index in [4.69, 9.17) is 5.73 Å². The lowest BCUT2D eigenvalue weighted by atomic mass is 10.1. The van der Waals surface area contributed by atoms with Gasteiger partial charge in [0.1, 0.15) is 0 Å². The number of carbonyl (C=O) groups excluding carboxylic acids is 1. The molecule has 0 saturated heterocycles. The smallest absolute Gasteiger partial charge is 0.240 e. The molecule has 1 unspecified atom stereocenters. The van der Waals surface area contributed by atoms with E-state index in [-0.39, 0.29) is 24.4 Å². The predicted octanol–water partition coefficient (Wildman–Crippen LogP) is 2.80. The molecule has 0 bridgehead atoms. The number of carbonyl (C=O) groups is 1. The van der Waals surface area contributed by atoms with E-state index in [9.17, 15) is 4.79 Å². The summed E-state index contributed by atoms with van der Waals surface area (Å²) in [4.78, 5) is 11.8. The van der Waals surface area contributed by atoms with E-state index < -0.39 is 5.54 Å². The number of amides is 1. The Balaban J connectivity index is 0.00000180. The van der Waals surface area contributed by atoms with Crippen LogP contribution in [0.2, 0.25) is 0 Å². The Morgan fingerprint density at radius 3 is 2.53 bits per heavy atom. The number of aryl methyl sites for hydroxylation is 1. The summed E-state index contributed by atoms with van der Waals surface area (Å²) < 4.78 is 1.09. The molecule has 1 amide bonds. The lowest BCUT2D eigenvalue weighted by molar-refractivity contribution is -0.123. The highest BCUT2D eigenvalue weighted by Crippen LogP contribution is 2.32. The summed E-state index contributed by atoms with van der Waals surface area (Å²) >= 11 is 3.42. The molecular formula is C14H20BrClN2O. The topological polar surface area (TPSA) is 55.1 Å². The summed E-state index contributed by atoms with van der Waals surface area (Å²) in [6, 6.07) is 8.45. The molecule has 1 atom stereocenters. The van der Waals surface area contributed by atoms with Gasteiger partial charge >= 0.3 is 0 Å². The highest BCUT2D eigenvalue weighted by atomic mass is 79.9. The van der Waals surface area contributed by atoms with E-state index in [0.29, 0.717) is 0 Å². The van der Waals surface area contributed by atoms with Crippen LogP contribution in [0.1, 0.15) is 31.7 Å². The van der Waals surface area contributed by atoms with Crippen LogP contribution in [0.3, 0.4) is 0 Å². The van der Waals surface area contributed by atoms with Gasteiger partial charge in [-0.15, -0.1) is 12.4 Å². The van der Waals surface area contributed by atoms with Gasteiger partial charge in [0.2, 0.25) is 5.91 Å². The Morgan fingerprint density at radius 1 is 1.42 bits per heavy atom. The third-order valence-corrected chi connectivity index (χ3v) is 3.93. The summed E-state index contributed by atoms with van der Waals surface area (Å²) in [6.45, 7) is 2.03. The Morgan fingerprint density at radius 2 is 2.00 bits per heavy atom. The van der Waals surface area contributed by atoms with Crippen molar-refractivity contribution in [2.45, 2.75) is 44.2 Å². The maximum atomic E-state index is 11.8. The van der Waals surface area contributed by atoms with E-state index in [0.717, 1.165) is 30.2 Å². The van der Waals surface area contributed by atoms with Crippen LogP contribution in [0.5, 0.6) is 0 Å². The highest BCUT2D eigenvalue weighted by Gasteiger charge is 2.46. The van der Waals surface area contributed by atoms with E-state index in [1.165, 1.54) is 5.56 Å². The minimum absolute atomic E-state index is 0. The van der Waals surface area contributed by atoms with Crippen LogP contribution < -0.4 is 11.1 Å². The van der Waals surface area contributed by atoms with Gasteiger partial charge in [-0.25, -0.2) is 0 Å². The van der Waals surface area contributed by atoms with Gasteiger partial charge < -0.3 is 11.1 Å². The second-order valence-electron chi connectivity index (χ2n) is 5.20. The fourth-order valence-electron chi connectivity index (χ4n) is 1.84. The number of nitrogens with two attached hydrogens (primary N) is 1. The third kappa shape index (κ3) is 4.79. The molecule has 2 rings (SSSR count). The molecule has 0 aromatic heterocycles. The van der Waals surface area contributed by atoms with Crippen LogP contribution in [0, 0.1) is 0 Å². The summed E-state index contributed by atoms with van der Waals surface area (Å²) in [7, 11) is 0. The van der Waals surface area contributed by atoms with Crippen LogP contribution in [0.15, 0.2) is 28.7 Å². The highest BCUT2D eigenvalue weighted by molar-refractivity contribution is 9.10. The molecule has 1 aliphatic rings. The lowest BCUT2D eigenvalue weighted by Crippen LogP contribution is -2.46. The molecule has 0 spiro atoms. The van der Waals surface area contributed by atoms with Crippen LogP contribution in [-0.2, 0) is 11.2 Å². The van der Waals surface area contributed by atoms with E-state index in [1.54, 1.807) is 0 Å². The zero-order chi connectivity index (χ0) is 13.2. The van der Waals surface area contributed by atoms with Gasteiger partial charge in [-0.3, -0.25) is 4.79 Å². The lowest BCUT2D eigenvalue weighted by Gasteiger charge is -2.16. The normalized spacial score (nSPS) is 17.2. The molecule has 1 saturated carbocycles. The Labute approximate surface area is 128 Å². The van der Waals surface area contributed by atoms with Crippen molar-refractivity contribution in [3.05, 3.63) is 34.3 Å². The first-order valence-corrected chi connectivity index (χ1v) is 7.13. The number of hydrogen-bond acceptors (Lipinski definition) is 2. The summed E-state index contributed by atoms with van der Waals surface area (Å²) in [5.41, 5.74) is 6.57. The number of halogens is 2.